The Morgan fingerprint density at radius 2 is 1.90 bits per heavy atom. The van der Waals surface area contributed by atoms with E-state index in [1.54, 1.807) is 4.72 Å². The lowest BCUT2D eigenvalue weighted by molar-refractivity contribution is 0.0698. The van der Waals surface area contributed by atoms with E-state index in [0.29, 0.717) is 17.4 Å². The number of carboxylic acids is 1. The second kappa shape index (κ2) is 5.37. The highest BCUT2D eigenvalue weighted by atomic mass is 32.2. The monoisotopic (exact) mass is 337 g/mol. The average Bonchev–Trinajstić information content (AvgIpc) is 2.85. The molecule has 0 atom stereocenters. The summed E-state index contributed by atoms with van der Waals surface area (Å²) in [5, 5.41) is 10.1. The summed E-state index contributed by atoms with van der Waals surface area (Å²) in [6.45, 7) is 0. The second-order valence-electron chi connectivity index (χ2n) is 3.77. The first-order valence-corrected chi connectivity index (χ1v) is 7.57. The summed E-state index contributed by atoms with van der Waals surface area (Å²) in [6, 6.07) is 1.69. The maximum Gasteiger partial charge on any atom is 0.347 e. The molecule has 2 aromatic rings. The van der Waals surface area contributed by atoms with Crippen LogP contribution >= 0.6 is 11.3 Å². The van der Waals surface area contributed by atoms with Gasteiger partial charge in [-0.25, -0.2) is 26.4 Å². The zero-order chi connectivity index (χ0) is 15.8. The quantitative estimate of drug-likeness (QED) is 0.840. The Morgan fingerprint density at radius 1 is 1.24 bits per heavy atom. The Balaban J connectivity index is 2.48. The van der Waals surface area contributed by atoms with Gasteiger partial charge in [-0.2, -0.15) is 0 Å². The van der Waals surface area contributed by atoms with Crippen LogP contribution in [0.25, 0.3) is 0 Å². The minimum atomic E-state index is -4.50. The largest absolute Gasteiger partial charge is 0.477 e. The molecule has 2 rings (SSSR count). The molecule has 112 valence electrons. The maximum atomic E-state index is 13.4. The summed E-state index contributed by atoms with van der Waals surface area (Å²) in [4.78, 5) is 9.76. The third kappa shape index (κ3) is 3.00. The lowest BCUT2D eigenvalue weighted by Gasteiger charge is -2.09. The molecular weight excluding hydrogens is 331 g/mol. The van der Waals surface area contributed by atoms with Crippen LogP contribution in [0.4, 0.5) is 18.9 Å². The number of halogens is 3. The van der Waals surface area contributed by atoms with Crippen molar-refractivity contribution in [3.8, 4) is 0 Å². The molecule has 0 aliphatic rings. The first-order chi connectivity index (χ1) is 9.72. The summed E-state index contributed by atoms with van der Waals surface area (Å²) >= 11 is 0.645. The van der Waals surface area contributed by atoms with Crippen LogP contribution in [0.15, 0.2) is 28.5 Å². The van der Waals surface area contributed by atoms with E-state index in [1.807, 2.05) is 0 Å². The van der Waals surface area contributed by atoms with Gasteiger partial charge in [0, 0.05) is 12.1 Å². The zero-order valence-electron chi connectivity index (χ0n) is 9.93. The molecule has 0 saturated carbocycles. The van der Waals surface area contributed by atoms with Gasteiger partial charge in [-0.15, -0.1) is 11.3 Å². The highest BCUT2D eigenvalue weighted by molar-refractivity contribution is 7.93. The van der Waals surface area contributed by atoms with Crippen LogP contribution in [0.1, 0.15) is 9.67 Å². The maximum absolute atomic E-state index is 13.4. The van der Waals surface area contributed by atoms with E-state index in [2.05, 4.69) is 0 Å². The van der Waals surface area contributed by atoms with Gasteiger partial charge in [0.1, 0.15) is 15.6 Å². The number of benzene rings is 1. The van der Waals surface area contributed by atoms with E-state index < -0.39 is 48.9 Å². The molecule has 0 unspecified atom stereocenters. The van der Waals surface area contributed by atoms with Gasteiger partial charge in [0.05, 0.1) is 5.69 Å². The molecule has 1 aromatic heterocycles. The van der Waals surface area contributed by atoms with Crippen molar-refractivity contribution in [2.75, 3.05) is 4.72 Å². The summed E-state index contributed by atoms with van der Waals surface area (Å²) in [5.41, 5.74) is -0.949. The Bertz CT molecular complexity index is 817. The molecule has 1 aromatic carbocycles. The third-order valence-electron chi connectivity index (χ3n) is 2.35. The summed E-state index contributed by atoms with van der Waals surface area (Å²) in [6.07, 6.45) is 0. The first kappa shape index (κ1) is 15.3. The van der Waals surface area contributed by atoms with Crippen LogP contribution in [-0.4, -0.2) is 19.5 Å². The number of hydrogen-bond donors (Lipinski definition) is 2. The molecule has 0 aliphatic heterocycles. The standard InChI is InChI=1S/C11H6F3NO4S2/c12-5-3-6(13)9(14)7(4-5)15-21(18,19)8-1-2-20-10(8)11(16)17/h1-4,15H,(H,16,17). The summed E-state index contributed by atoms with van der Waals surface area (Å²) < 4.78 is 65.0. The number of thiophene rings is 1. The van der Waals surface area contributed by atoms with E-state index in [9.17, 15) is 26.4 Å². The number of carbonyl (C=O) groups is 1. The number of rotatable bonds is 4. The molecule has 21 heavy (non-hydrogen) atoms. The number of anilines is 1. The lowest BCUT2D eigenvalue weighted by Crippen LogP contribution is -2.16. The van der Waals surface area contributed by atoms with Crippen LogP contribution in [0.2, 0.25) is 0 Å². The van der Waals surface area contributed by atoms with Crippen LogP contribution in [0.5, 0.6) is 0 Å². The van der Waals surface area contributed by atoms with Gasteiger partial charge >= 0.3 is 5.97 Å². The van der Waals surface area contributed by atoms with Gasteiger partial charge in [0.25, 0.3) is 10.0 Å². The molecular formula is C11H6F3NO4S2. The predicted molar refractivity (Wildman–Crippen MR) is 68.4 cm³/mol. The van der Waals surface area contributed by atoms with Crippen LogP contribution < -0.4 is 4.72 Å². The van der Waals surface area contributed by atoms with Crippen molar-refractivity contribution in [3.63, 3.8) is 0 Å². The topological polar surface area (TPSA) is 83.5 Å². The minimum absolute atomic E-state index is 0.250. The Morgan fingerprint density at radius 3 is 2.52 bits per heavy atom. The molecule has 5 nitrogen and oxygen atoms in total. The van der Waals surface area contributed by atoms with Crippen LogP contribution in [0, 0.1) is 17.5 Å². The molecule has 0 fully saturated rings. The molecule has 2 N–H and O–H groups in total. The predicted octanol–water partition coefficient (Wildman–Crippen LogP) is 2.66. The fraction of sp³-hybridized carbons (Fsp3) is 0. The van der Waals surface area contributed by atoms with Crippen LogP contribution in [0.3, 0.4) is 0 Å². The number of hydrogen-bond acceptors (Lipinski definition) is 4. The smallest absolute Gasteiger partial charge is 0.347 e. The Labute approximate surface area is 120 Å². The molecule has 0 aliphatic carbocycles. The van der Waals surface area contributed by atoms with E-state index in [1.165, 1.54) is 5.38 Å². The zero-order valence-corrected chi connectivity index (χ0v) is 11.6. The van der Waals surface area contributed by atoms with Crippen molar-refractivity contribution < 1.29 is 31.5 Å². The van der Waals surface area contributed by atoms with Gasteiger partial charge in [0.15, 0.2) is 11.6 Å². The minimum Gasteiger partial charge on any atom is -0.477 e. The molecule has 1 heterocycles. The van der Waals surface area contributed by atoms with E-state index in [4.69, 9.17) is 5.11 Å². The normalized spacial score (nSPS) is 11.4. The van der Waals surface area contributed by atoms with Crippen molar-refractivity contribution in [2.24, 2.45) is 0 Å². The fourth-order valence-electron chi connectivity index (χ4n) is 1.50. The third-order valence-corrected chi connectivity index (χ3v) is 4.79. The van der Waals surface area contributed by atoms with Crippen LogP contribution in [-0.2, 0) is 10.0 Å². The summed E-state index contributed by atoms with van der Waals surface area (Å²) in [5.74, 6) is -5.84. The number of sulfonamides is 1. The summed E-state index contributed by atoms with van der Waals surface area (Å²) in [7, 11) is -4.50. The molecule has 10 heteroatoms. The number of aromatic carboxylic acids is 1. The Kier molecular flexibility index (Phi) is 3.92. The lowest BCUT2D eigenvalue weighted by atomic mass is 10.3. The fourth-order valence-corrected chi connectivity index (χ4v) is 3.81. The van der Waals surface area contributed by atoms with E-state index >= 15 is 0 Å². The highest BCUT2D eigenvalue weighted by Crippen LogP contribution is 2.26. The second-order valence-corrected chi connectivity index (χ2v) is 6.34. The van der Waals surface area contributed by atoms with Gasteiger partial charge in [-0.3, -0.25) is 4.72 Å². The molecule has 0 bridgehead atoms. The van der Waals surface area contributed by atoms with Gasteiger partial charge < -0.3 is 5.11 Å². The van der Waals surface area contributed by atoms with Gasteiger partial charge in [-0.1, -0.05) is 0 Å². The van der Waals surface area contributed by atoms with E-state index in [0.717, 1.165) is 6.07 Å². The average molecular weight is 337 g/mol. The molecule has 0 spiro atoms. The van der Waals surface area contributed by atoms with Crippen molar-refractivity contribution in [3.05, 3.63) is 45.9 Å². The van der Waals surface area contributed by atoms with Crippen molar-refractivity contribution in [1.29, 1.82) is 0 Å². The Hall–Kier alpha value is -2.07. The van der Waals surface area contributed by atoms with E-state index in [-0.39, 0.29) is 6.07 Å². The molecule has 0 saturated heterocycles. The first-order valence-electron chi connectivity index (χ1n) is 5.20. The van der Waals surface area contributed by atoms with Gasteiger partial charge in [-0.05, 0) is 11.4 Å². The SMILES string of the molecule is O=C(O)c1sccc1S(=O)(=O)Nc1cc(F)cc(F)c1F. The molecule has 0 amide bonds. The van der Waals surface area contributed by atoms with Gasteiger partial charge in [0.2, 0.25) is 0 Å². The highest BCUT2D eigenvalue weighted by Gasteiger charge is 2.25. The number of carboxylic acid groups (broad SMARTS) is 1. The van der Waals surface area contributed by atoms with Crippen molar-refractivity contribution in [1.82, 2.24) is 0 Å². The van der Waals surface area contributed by atoms with Crippen molar-refractivity contribution >= 4 is 33.0 Å². The van der Waals surface area contributed by atoms with Crippen molar-refractivity contribution in [2.45, 2.75) is 4.90 Å². The number of nitrogens with one attached hydrogen (secondary N) is 1. The molecule has 0 radical (unpaired) electrons.